The third-order valence-electron chi connectivity index (χ3n) is 1.97. The Balaban J connectivity index is 0.000000980. The molecule has 1 aromatic carbocycles. The molecule has 0 aliphatic carbocycles. The van der Waals surface area contributed by atoms with E-state index in [1.807, 2.05) is 36.5 Å². The van der Waals surface area contributed by atoms with Crippen LogP contribution < -0.4 is 0 Å². The normalized spacial score (nSPS) is 8.60. The average molecular weight is 544 g/mol. The second-order valence-corrected chi connectivity index (χ2v) is 2.95. The molecule has 0 N–H and O–H groups in total. The zero-order chi connectivity index (χ0) is 9.10. The van der Waals surface area contributed by atoms with Gasteiger partial charge in [0.05, 0.1) is 0 Å². The van der Waals surface area contributed by atoms with E-state index in [1.165, 1.54) is 5.56 Å². The summed E-state index contributed by atoms with van der Waals surface area (Å²) in [6.45, 7) is 2.06. The first-order valence-corrected chi connectivity index (χ1v) is 4.26. The van der Waals surface area contributed by atoms with Crippen LogP contribution in [0.4, 0.5) is 0 Å². The van der Waals surface area contributed by atoms with Crippen molar-refractivity contribution in [2.45, 2.75) is 6.92 Å². The average Bonchev–Trinajstić information content (AvgIpc) is 2.20. The van der Waals surface area contributed by atoms with E-state index in [0.717, 1.165) is 11.3 Å². The minimum Gasteiger partial charge on any atom is -0.304 e. The van der Waals surface area contributed by atoms with Crippen LogP contribution in [0, 0.1) is 13.0 Å². The molecule has 0 atom stereocenters. The molecule has 0 fully saturated rings. The molecule has 0 saturated heterocycles. The Morgan fingerprint density at radius 3 is 2.53 bits per heavy atom. The van der Waals surface area contributed by atoms with Crippen molar-refractivity contribution in [3.63, 3.8) is 0 Å². The van der Waals surface area contributed by atoms with Crippen molar-refractivity contribution in [1.82, 2.24) is 4.98 Å². The third kappa shape index (κ3) is 3.64. The second-order valence-electron chi connectivity index (χ2n) is 2.95. The summed E-state index contributed by atoms with van der Waals surface area (Å²) in [5.41, 5.74) is 3.26. The van der Waals surface area contributed by atoms with Crippen molar-refractivity contribution < 1.29 is 41.2 Å². The van der Waals surface area contributed by atoms with Crippen LogP contribution in [0.1, 0.15) is 5.56 Å². The topological polar surface area (TPSA) is 12.9 Å². The van der Waals surface area contributed by atoms with Crippen LogP contribution in [0.2, 0.25) is 0 Å². The minimum atomic E-state index is 0. The van der Waals surface area contributed by atoms with Gasteiger partial charge in [0.15, 0.2) is 0 Å². The van der Waals surface area contributed by atoms with Gasteiger partial charge in [-0.05, 0) is 18.7 Å². The first-order valence-electron chi connectivity index (χ1n) is 4.26. The largest absolute Gasteiger partial charge is 0.304 e. The zero-order valence-electron chi connectivity index (χ0n) is 8.23. The molecule has 1 aromatic heterocycles. The van der Waals surface area contributed by atoms with Crippen LogP contribution in [-0.4, -0.2) is 4.98 Å². The Hall–Kier alpha value is -0.292. The maximum Gasteiger partial charge on any atom is 0.0160 e. The van der Waals surface area contributed by atoms with Crippen molar-refractivity contribution >= 4 is 0 Å². The number of rotatable bonds is 1. The second kappa shape index (κ2) is 7.06. The first-order chi connectivity index (χ1) is 6.38. The van der Waals surface area contributed by atoms with Crippen molar-refractivity contribution in [3.05, 3.63) is 54.2 Å². The predicted octanol–water partition coefficient (Wildman–Crippen LogP) is 2.85. The summed E-state index contributed by atoms with van der Waals surface area (Å²) in [6.07, 6.45) is 1.81. The van der Waals surface area contributed by atoms with Crippen LogP contribution >= 0.6 is 0 Å². The molecule has 1 nitrogen and oxygen atoms in total. The predicted molar refractivity (Wildman–Crippen MR) is 53.2 cm³/mol. The number of hydrogen-bond donors (Lipinski definition) is 0. The summed E-state index contributed by atoms with van der Waals surface area (Å²) >= 11 is 0. The molecule has 2 aromatic rings. The molecule has 1 radical (unpaired) electrons. The number of hydrogen-bond acceptors (Lipinski definition) is 1. The van der Waals surface area contributed by atoms with Crippen LogP contribution in [0.15, 0.2) is 42.6 Å². The first kappa shape index (κ1) is 14.7. The molecular formula is C12H10IrNW-. The van der Waals surface area contributed by atoms with E-state index in [2.05, 4.69) is 24.0 Å². The Bertz CT molecular complexity index is 403. The molecule has 79 valence electrons. The fraction of sp³-hybridized carbons (Fsp3) is 0.0833. The molecule has 3 heteroatoms. The standard InChI is InChI=1S/C12H10N.Ir.W/c1-10-6-5-9-13-12(10)11-7-3-2-4-8-11;;/h2-7,9H,1H3;;/q-1;;. The summed E-state index contributed by atoms with van der Waals surface area (Å²) < 4.78 is 0. The Morgan fingerprint density at radius 1 is 1.13 bits per heavy atom. The van der Waals surface area contributed by atoms with Gasteiger partial charge >= 0.3 is 0 Å². The van der Waals surface area contributed by atoms with Gasteiger partial charge in [-0.2, -0.15) is 0 Å². The monoisotopic (exact) mass is 545 g/mol. The van der Waals surface area contributed by atoms with E-state index in [-0.39, 0.29) is 41.2 Å². The molecule has 0 amide bonds. The molecule has 0 aliphatic rings. The van der Waals surface area contributed by atoms with E-state index in [1.54, 1.807) is 0 Å². The molecule has 0 unspecified atom stereocenters. The minimum absolute atomic E-state index is 0. The van der Waals surface area contributed by atoms with Gasteiger partial charge in [0.25, 0.3) is 0 Å². The summed E-state index contributed by atoms with van der Waals surface area (Å²) in [6, 6.07) is 15.1. The van der Waals surface area contributed by atoms with Gasteiger partial charge in [0, 0.05) is 47.4 Å². The van der Waals surface area contributed by atoms with Gasteiger partial charge in [-0.1, -0.05) is 11.6 Å². The van der Waals surface area contributed by atoms with E-state index < -0.39 is 0 Å². The SMILES string of the molecule is Cc1cccnc1-c1[c-]cccc1.[Ir].[W]. The fourth-order valence-corrected chi connectivity index (χ4v) is 1.31. The van der Waals surface area contributed by atoms with Crippen LogP contribution in [0.25, 0.3) is 11.3 Å². The van der Waals surface area contributed by atoms with Gasteiger partial charge in [0.2, 0.25) is 0 Å². The van der Waals surface area contributed by atoms with E-state index in [4.69, 9.17) is 0 Å². The Kier molecular flexibility index (Phi) is 6.92. The molecular weight excluding hydrogens is 534 g/mol. The van der Waals surface area contributed by atoms with Crippen LogP contribution in [0.3, 0.4) is 0 Å². The summed E-state index contributed by atoms with van der Waals surface area (Å²) in [5.74, 6) is 0. The molecule has 2 rings (SSSR count). The number of aromatic nitrogens is 1. The molecule has 0 aliphatic heterocycles. The molecule has 0 spiro atoms. The van der Waals surface area contributed by atoms with E-state index >= 15 is 0 Å². The van der Waals surface area contributed by atoms with Crippen LogP contribution in [-0.2, 0) is 41.2 Å². The molecule has 1 heterocycles. The molecule has 0 bridgehead atoms. The maximum atomic E-state index is 4.32. The van der Waals surface area contributed by atoms with Crippen molar-refractivity contribution in [3.8, 4) is 11.3 Å². The van der Waals surface area contributed by atoms with Crippen molar-refractivity contribution in [2.24, 2.45) is 0 Å². The molecule has 15 heavy (non-hydrogen) atoms. The number of pyridine rings is 1. The van der Waals surface area contributed by atoms with Gasteiger partial charge in [-0.3, -0.25) is 0 Å². The molecule has 0 saturated carbocycles. The summed E-state index contributed by atoms with van der Waals surface area (Å²) in [7, 11) is 0. The quantitative estimate of drug-likeness (QED) is 0.504. The van der Waals surface area contributed by atoms with Crippen LogP contribution in [0.5, 0.6) is 0 Å². The fourth-order valence-electron chi connectivity index (χ4n) is 1.31. The summed E-state index contributed by atoms with van der Waals surface area (Å²) in [4.78, 5) is 4.32. The van der Waals surface area contributed by atoms with Crippen molar-refractivity contribution in [1.29, 1.82) is 0 Å². The number of nitrogens with zero attached hydrogens (tertiary/aromatic N) is 1. The number of aryl methyl sites for hydroxylation is 1. The number of benzene rings is 1. The zero-order valence-corrected chi connectivity index (χ0v) is 13.6. The van der Waals surface area contributed by atoms with Gasteiger partial charge < -0.3 is 4.98 Å². The Morgan fingerprint density at radius 2 is 1.93 bits per heavy atom. The van der Waals surface area contributed by atoms with E-state index in [9.17, 15) is 0 Å². The third-order valence-corrected chi connectivity index (χ3v) is 1.97. The van der Waals surface area contributed by atoms with Crippen molar-refractivity contribution in [2.75, 3.05) is 0 Å². The van der Waals surface area contributed by atoms with Gasteiger partial charge in [-0.25, -0.2) is 0 Å². The van der Waals surface area contributed by atoms with Gasteiger partial charge in [-0.15, -0.1) is 35.9 Å². The maximum absolute atomic E-state index is 4.32. The smallest absolute Gasteiger partial charge is 0.0160 e. The summed E-state index contributed by atoms with van der Waals surface area (Å²) in [5, 5.41) is 0. The Labute approximate surface area is 118 Å². The van der Waals surface area contributed by atoms with Gasteiger partial charge in [0.1, 0.15) is 0 Å². The van der Waals surface area contributed by atoms with E-state index in [0.29, 0.717) is 0 Å².